The Morgan fingerprint density at radius 2 is 2.29 bits per heavy atom. The van der Waals surface area contributed by atoms with Crippen LogP contribution in [0.4, 0.5) is 11.5 Å². The highest BCUT2D eigenvalue weighted by atomic mass is 32.2. The highest BCUT2D eigenvalue weighted by Gasteiger charge is 2.30. The summed E-state index contributed by atoms with van der Waals surface area (Å²) in [7, 11) is -2.89. The van der Waals surface area contributed by atoms with Crippen LogP contribution in [-0.2, 0) is 9.84 Å². The van der Waals surface area contributed by atoms with Gasteiger partial charge in [-0.1, -0.05) is 0 Å². The van der Waals surface area contributed by atoms with E-state index >= 15 is 0 Å². The molecule has 1 fully saturated rings. The number of pyridine rings is 1. The molecular formula is C11H17N3O2S. The zero-order chi connectivity index (χ0) is 12.5. The predicted molar refractivity (Wildman–Crippen MR) is 68.7 cm³/mol. The van der Waals surface area contributed by atoms with Gasteiger partial charge in [0.05, 0.1) is 22.4 Å². The van der Waals surface area contributed by atoms with Gasteiger partial charge < -0.3 is 11.1 Å². The molecule has 2 rings (SSSR count). The normalized spacial score (nSPS) is 22.5. The molecule has 1 unspecified atom stereocenters. The standard InChI is InChI=1S/C11H17N3O2S/c1-8-10(12)4-5-11(14-8)13-7-9-3-2-6-17(9,15)16/h4-5,9H,2-3,6-7,12H2,1H3,(H,13,14). The molecule has 0 radical (unpaired) electrons. The summed E-state index contributed by atoms with van der Waals surface area (Å²) in [5.74, 6) is 0.992. The topological polar surface area (TPSA) is 85.1 Å². The van der Waals surface area contributed by atoms with Gasteiger partial charge in [0, 0.05) is 6.54 Å². The van der Waals surface area contributed by atoms with Gasteiger partial charge in [0.2, 0.25) is 0 Å². The first-order valence-corrected chi connectivity index (χ1v) is 7.39. The molecule has 5 nitrogen and oxygen atoms in total. The van der Waals surface area contributed by atoms with Crippen molar-refractivity contribution in [2.24, 2.45) is 0 Å². The largest absolute Gasteiger partial charge is 0.397 e. The van der Waals surface area contributed by atoms with Crippen LogP contribution in [0.3, 0.4) is 0 Å². The quantitative estimate of drug-likeness (QED) is 0.840. The van der Waals surface area contributed by atoms with Gasteiger partial charge in [-0.25, -0.2) is 13.4 Å². The van der Waals surface area contributed by atoms with Crippen molar-refractivity contribution in [3.05, 3.63) is 17.8 Å². The molecule has 3 N–H and O–H groups in total. The highest BCUT2D eigenvalue weighted by Crippen LogP contribution is 2.20. The Hall–Kier alpha value is -1.30. The van der Waals surface area contributed by atoms with Crippen molar-refractivity contribution in [1.82, 2.24) is 4.98 Å². The van der Waals surface area contributed by atoms with Crippen LogP contribution in [-0.4, -0.2) is 30.9 Å². The fraction of sp³-hybridized carbons (Fsp3) is 0.545. The van der Waals surface area contributed by atoms with Crippen LogP contribution in [0.15, 0.2) is 12.1 Å². The molecule has 1 aliphatic rings. The summed E-state index contributed by atoms with van der Waals surface area (Å²) in [6, 6.07) is 3.54. The molecule has 0 spiro atoms. The van der Waals surface area contributed by atoms with Crippen LogP contribution in [0.5, 0.6) is 0 Å². The summed E-state index contributed by atoms with van der Waals surface area (Å²) < 4.78 is 23.2. The van der Waals surface area contributed by atoms with Crippen molar-refractivity contribution in [1.29, 1.82) is 0 Å². The van der Waals surface area contributed by atoms with Crippen LogP contribution < -0.4 is 11.1 Å². The number of rotatable bonds is 3. The Morgan fingerprint density at radius 3 is 2.88 bits per heavy atom. The Morgan fingerprint density at radius 1 is 1.53 bits per heavy atom. The SMILES string of the molecule is Cc1nc(NCC2CCCS2(=O)=O)ccc1N. The van der Waals surface area contributed by atoms with Crippen LogP contribution in [0.25, 0.3) is 0 Å². The molecule has 1 atom stereocenters. The summed E-state index contributed by atoms with van der Waals surface area (Å²) in [6.07, 6.45) is 1.51. The summed E-state index contributed by atoms with van der Waals surface area (Å²) in [4.78, 5) is 4.25. The number of hydrogen-bond donors (Lipinski definition) is 2. The average molecular weight is 255 g/mol. The van der Waals surface area contributed by atoms with E-state index in [4.69, 9.17) is 5.73 Å². The molecule has 1 saturated heterocycles. The molecule has 0 amide bonds. The van der Waals surface area contributed by atoms with Crippen LogP contribution in [0.1, 0.15) is 18.5 Å². The van der Waals surface area contributed by atoms with E-state index in [1.165, 1.54) is 0 Å². The van der Waals surface area contributed by atoms with Crippen LogP contribution >= 0.6 is 0 Å². The molecule has 94 valence electrons. The third-order valence-electron chi connectivity index (χ3n) is 3.10. The zero-order valence-electron chi connectivity index (χ0n) is 9.81. The minimum atomic E-state index is -2.89. The van der Waals surface area contributed by atoms with E-state index in [-0.39, 0.29) is 5.25 Å². The van der Waals surface area contributed by atoms with E-state index in [1.807, 2.05) is 6.92 Å². The van der Waals surface area contributed by atoms with Crippen molar-refractivity contribution in [2.45, 2.75) is 25.0 Å². The number of hydrogen-bond acceptors (Lipinski definition) is 5. The maximum absolute atomic E-state index is 11.6. The number of anilines is 2. The van der Waals surface area contributed by atoms with Gasteiger partial charge in [-0.05, 0) is 31.9 Å². The van der Waals surface area contributed by atoms with Gasteiger partial charge in [0.25, 0.3) is 0 Å². The number of nitrogens with two attached hydrogens (primary N) is 1. The lowest BCUT2D eigenvalue weighted by molar-refractivity contribution is 0.591. The minimum Gasteiger partial charge on any atom is -0.397 e. The molecule has 0 saturated carbocycles. The lowest BCUT2D eigenvalue weighted by Gasteiger charge is -2.12. The molecule has 6 heteroatoms. The molecule has 2 heterocycles. The Bertz CT molecular complexity index is 513. The first kappa shape index (κ1) is 12.2. The Kier molecular flexibility index (Phi) is 3.24. The summed E-state index contributed by atoms with van der Waals surface area (Å²) >= 11 is 0. The van der Waals surface area contributed by atoms with Crippen molar-refractivity contribution in [3.8, 4) is 0 Å². The average Bonchev–Trinajstić information content (AvgIpc) is 2.60. The van der Waals surface area contributed by atoms with Crippen molar-refractivity contribution < 1.29 is 8.42 Å². The number of nitrogen functional groups attached to an aromatic ring is 1. The molecule has 17 heavy (non-hydrogen) atoms. The second kappa shape index (κ2) is 4.52. The third kappa shape index (κ3) is 2.69. The van der Waals surface area contributed by atoms with E-state index in [0.29, 0.717) is 23.8 Å². The molecule has 0 bridgehead atoms. The number of aryl methyl sites for hydroxylation is 1. The highest BCUT2D eigenvalue weighted by molar-refractivity contribution is 7.92. The smallest absolute Gasteiger partial charge is 0.154 e. The van der Waals surface area contributed by atoms with E-state index in [2.05, 4.69) is 10.3 Å². The number of nitrogens with zero attached hydrogens (tertiary/aromatic N) is 1. The van der Waals surface area contributed by atoms with Gasteiger partial charge >= 0.3 is 0 Å². The van der Waals surface area contributed by atoms with E-state index < -0.39 is 9.84 Å². The first-order valence-electron chi connectivity index (χ1n) is 5.67. The predicted octanol–water partition coefficient (Wildman–Crippen LogP) is 0.961. The molecular weight excluding hydrogens is 238 g/mol. The van der Waals surface area contributed by atoms with Crippen molar-refractivity contribution in [2.75, 3.05) is 23.3 Å². The Balaban J connectivity index is 2.00. The fourth-order valence-electron chi connectivity index (χ4n) is 1.98. The van der Waals surface area contributed by atoms with Crippen molar-refractivity contribution in [3.63, 3.8) is 0 Å². The maximum atomic E-state index is 11.6. The number of aromatic nitrogens is 1. The van der Waals surface area contributed by atoms with E-state index in [1.54, 1.807) is 12.1 Å². The maximum Gasteiger partial charge on any atom is 0.154 e. The first-order chi connectivity index (χ1) is 7.99. The second-order valence-electron chi connectivity index (χ2n) is 4.38. The number of nitrogens with one attached hydrogen (secondary N) is 1. The van der Waals surface area contributed by atoms with Gasteiger partial charge in [-0.3, -0.25) is 0 Å². The fourth-order valence-corrected chi connectivity index (χ4v) is 3.74. The molecule has 1 aliphatic heterocycles. The molecule has 1 aromatic rings. The molecule has 1 aromatic heterocycles. The number of sulfone groups is 1. The van der Waals surface area contributed by atoms with Crippen LogP contribution in [0.2, 0.25) is 0 Å². The summed E-state index contributed by atoms with van der Waals surface area (Å²) in [5.41, 5.74) is 7.06. The van der Waals surface area contributed by atoms with Crippen LogP contribution in [0, 0.1) is 6.92 Å². The zero-order valence-corrected chi connectivity index (χ0v) is 10.6. The second-order valence-corrected chi connectivity index (χ2v) is 6.78. The van der Waals surface area contributed by atoms with Gasteiger partial charge in [0.1, 0.15) is 5.82 Å². The molecule has 0 aromatic carbocycles. The van der Waals surface area contributed by atoms with E-state index in [9.17, 15) is 8.42 Å². The van der Waals surface area contributed by atoms with Gasteiger partial charge in [-0.15, -0.1) is 0 Å². The minimum absolute atomic E-state index is 0.276. The van der Waals surface area contributed by atoms with Gasteiger partial charge in [0.15, 0.2) is 9.84 Å². The summed E-state index contributed by atoms with van der Waals surface area (Å²) in [5, 5.41) is 2.79. The monoisotopic (exact) mass is 255 g/mol. The van der Waals surface area contributed by atoms with Crippen molar-refractivity contribution >= 4 is 21.3 Å². The van der Waals surface area contributed by atoms with Gasteiger partial charge in [-0.2, -0.15) is 0 Å². The molecule has 0 aliphatic carbocycles. The lowest BCUT2D eigenvalue weighted by atomic mass is 10.2. The van der Waals surface area contributed by atoms with E-state index in [0.717, 1.165) is 18.5 Å². The third-order valence-corrected chi connectivity index (χ3v) is 5.38. The Labute approximate surface area is 101 Å². The lowest BCUT2D eigenvalue weighted by Crippen LogP contribution is -2.25. The summed E-state index contributed by atoms with van der Waals surface area (Å²) in [6.45, 7) is 2.26.